The lowest BCUT2D eigenvalue weighted by atomic mass is 9.67. The minimum atomic E-state index is -1.74. The van der Waals surface area contributed by atoms with Gasteiger partial charge in [0.2, 0.25) is 0 Å². The maximum absolute atomic E-state index is 17.1. The molecule has 0 aliphatic heterocycles. The highest BCUT2D eigenvalue weighted by molar-refractivity contribution is 5.92. The predicted octanol–water partition coefficient (Wildman–Crippen LogP) is 25.0. The summed E-state index contributed by atoms with van der Waals surface area (Å²) < 4.78 is 144. The van der Waals surface area contributed by atoms with E-state index in [2.05, 4.69) is 13.2 Å². The topological polar surface area (TPSA) is 24.9 Å². The van der Waals surface area contributed by atoms with E-state index in [4.69, 9.17) is 9.47 Å². The van der Waals surface area contributed by atoms with Crippen LogP contribution >= 0.6 is 0 Å². The number of ether oxygens (including phenoxy) is 2. The number of anilines is 6. The Morgan fingerprint density at radius 2 is 0.578 bits per heavy atom. The van der Waals surface area contributed by atoms with Crippen LogP contribution in [0.3, 0.4) is 0 Å². The molecule has 4 nitrogen and oxygen atoms in total. The molecule has 2 aliphatic carbocycles. The van der Waals surface area contributed by atoms with Crippen LogP contribution in [0, 0.1) is 46.5 Å². The summed E-state index contributed by atoms with van der Waals surface area (Å²) in [7, 11) is 0. The lowest BCUT2D eigenvalue weighted by molar-refractivity contribution is 0.481. The summed E-state index contributed by atoms with van der Waals surface area (Å²) in [6.45, 7) is 7.66. The number of rotatable bonds is 17. The van der Waals surface area contributed by atoms with Crippen molar-refractivity contribution in [2.75, 3.05) is 9.80 Å². The van der Waals surface area contributed by atoms with E-state index in [9.17, 15) is 0 Å². The number of hydrogen-bond donors (Lipinski definition) is 0. The molecule has 12 heteroatoms. The van der Waals surface area contributed by atoms with Gasteiger partial charge >= 0.3 is 0 Å². The average Bonchev–Trinajstić information content (AvgIpc) is 1.51. The van der Waals surface area contributed by atoms with Gasteiger partial charge in [-0.1, -0.05) is 183 Å². The molecule has 0 N–H and O–H groups in total. The molecule has 0 spiro atoms. The van der Waals surface area contributed by atoms with Gasteiger partial charge in [0.25, 0.3) is 0 Å². The molecular weight excluding hydrogens is 1290 g/mol. The molecule has 0 amide bonds. The van der Waals surface area contributed by atoms with Crippen LogP contribution in [0.15, 0.2) is 316 Å². The molecule has 16 rings (SSSR count). The van der Waals surface area contributed by atoms with Crippen molar-refractivity contribution in [1.82, 2.24) is 0 Å². The number of nitrogens with zero attached hydrogens (tertiary/aromatic N) is 2. The van der Waals surface area contributed by atoms with Crippen LogP contribution in [0.1, 0.15) is 55.6 Å². The highest BCUT2D eigenvalue weighted by Gasteiger charge is 2.52. The maximum atomic E-state index is 17.1. The average molecular weight is 1350 g/mol. The number of benzene rings is 14. The summed E-state index contributed by atoms with van der Waals surface area (Å²) in [6.07, 6.45) is 3.44. The quantitative estimate of drug-likeness (QED) is 0.0849. The fourth-order valence-electron chi connectivity index (χ4n) is 15.0. The summed E-state index contributed by atoms with van der Waals surface area (Å²) in [5, 5.41) is 0. The molecule has 0 fully saturated rings. The normalized spacial score (nSPS) is 14.6. The molecule has 0 radical (unpaired) electrons. The lowest BCUT2D eigenvalue weighted by Gasteiger charge is -2.35. The molecule has 102 heavy (non-hydrogen) atoms. The van der Waals surface area contributed by atoms with E-state index in [1.54, 1.807) is 143 Å². The van der Waals surface area contributed by atoms with E-state index in [-0.39, 0.29) is 11.4 Å². The standard InChI is InChI=1S/C90H56F8N2O2/c1-3-55-21-39-67(40-22-55)101-69-43-29-59(30-44-69)89(87-81(95)49-61(91)50-82(87)96)75-15-7-5-13-71(75)73-47-37-65(53-77(73)89)99(85-19-11-9-17-79(85)93)63-33-25-57(26-34-63)58-27-35-64(36-28-58)100(86-20-12-10-18-80(86)94)66-38-48-74-72-14-6-8-16-76(72)90(78(74)54-66,88-83(97)51-62(92)52-84(88)98)60-31-45-70(46-32-60)102-68-41-23-56(4-2)24-42-68/h3-54H,1-2H2. The Hall–Kier alpha value is -12.8. The summed E-state index contributed by atoms with van der Waals surface area (Å²) in [6, 6.07) is 84.3. The Bertz CT molecular complexity index is 5220. The minimum absolute atomic E-state index is 0.167. The molecule has 0 saturated heterocycles. The van der Waals surface area contributed by atoms with Crippen molar-refractivity contribution < 1.29 is 44.6 Å². The van der Waals surface area contributed by atoms with Gasteiger partial charge in [-0.3, -0.25) is 0 Å². The first-order chi connectivity index (χ1) is 49.7. The minimum Gasteiger partial charge on any atom is -0.457 e. The Morgan fingerprint density at radius 1 is 0.275 bits per heavy atom. The van der Waals surface area contributed by atoms with E-state index >= 15 is 35.1 Å². The van der Waals surface area contributed by atoms with Crippen LogP contribution in [-0.4, -0.2) is 0 Å². The van der Waals surface area contributed by atoms with Crippen LogP contribution in [0.25, 0.3) is 45.5 Å². The molecule has 0 bridgehead atoms. The van der Waals surface area contributed by atoms with Gasteiger partial charge in [-0.25, -0.2) is 35.1 Å². The molecule has 14 aromatic carbocycles. The van der Waals surface area contributed by atoms with Crippen molar-refractivity contribution >= 4 is 46.3 Å². The Kier molecular flexibility index (Phi) is 16.2. The first-order valence-corrected chi connectivity index (χ1v) is 32.8. The van der Waals surface area contributed by atoms with Crippen molar-refractivity contribution in [3.63, 3.8) is 0 Å². The monoisotopic (exact) mass is 1350 g/mol. The van der Waals surface area contributed by atoms with Crippen molar-refractivity contribution in [1.29, 1.82) is 0 Å². The Morgan fingerprint density at radius 3 is 0.922 bits per heavy atom. The summed E-state index contributed by atoms with van der Waals surface area (Å²) in [5.41, 5.74) is 6.75. The molecule has 2 unspecified atom stereocenters. The largest absolute Gasteiger partial charge is 0.457 e. The Labute approximate surface area is 583 Å². The number of halogens is 8. The van der Waals surface area contributed by atoms with Gasteiger partial charge in [0.05, 0.1) is 22.2 Å². The fourth-order valence-corrected chi connectivity index (χ4v) is 15.0. The lowest BCUT2D eigenvalue weighted by Crippen LogP contribution is -2.31. The second-order valence-electron chi connectivity index (χ2n) is 25.0. The molecule has 14 aromatic rings. The second kappa shape index (κ2) is 25.8. The van der Waals surface area contributed by atoms with E-state index in [1.165, 1.54) is 12.1 Å². The van der Waals surface area contributed by atoms with Crippen LogP contribution in [0.4, 0.5) is 69.2 Å². The highest BCUT2D eigenvalue weighted by atomic mass is 19.2. The first kappa shape index (κ1) is 63.9. The Balaban J connectivity index is 0.784. The van der Waals surface area contributed by atoms with Gasteiger partial charge in [-0.15, -0.1) is 0 Å². The summed E-state index contributed by atoms with van der Waals surface area (Å²) >= 11 is 0. The van der Waals surface area contributed by atoms with E-state index in [0.717, 1.165) is 22.3 Å². The van der Waals surface area contributed by atoms with Crippen LogP contribution < -0.4 is 19.3 Å². The zero-order valence-electron chi connectivity index (χ0n) is 54.2. The van der Waals surface area contributed by atoms with Gasteiger partial charge in [0.1, 0.15) is 69.5 Å². The number of fused-ring (bicyclic) bond motifs is 6. The zero-order chi connectivity index (χ0) is 70.0. The molecule has 0 saturated carbocycles. The van der Waals surface area contributed by atoms with Crippen LogP contribution in [0.5, 0.6) is 23.0 Å². The van der Waals surface area contributed by atoms with Gasteiger partial charge in [-0.05, 0) is 199 Å². The summed E-state index contributed by atoms with van der Waals surface area (Å²) in [4.78, 5) is 3.46. The van der Waals surface area contributed by atoms with Crippen molar-refractivity contribution in [3.05, 3.63) is 419 Å². The second-order valence-corrected chi connectivity index (χ2v) is 25.0. The van der Waals surface area contributed by atoms with E-state index in [1.807, 2.05) is 146 Å². The molecule has 494 valence electrons. The summed E-state index contributed by atoms with van der Waals surface area (Å²) in [5.74, 6) is -5.72. The van der Waals surface area contributed by atoms with Gasteiger partial charge in [0.15, 0.2) is 0 Å². The third-order valence-corrected chi connectivity index (χ3v) is 19.4. The van der Waals surface area contributed by atoms with Crippen LogP contribution in [-0.2, 0) is 10.8 Å². The molecule has 2 atom stereocenters. The first-order valence-electron chi connectivity index (χ1n) is 32.8. The molecule has 0 heterocycles. The van der Waals surface area contributed by atoms with Crippen LogP contribution in [0.2, 0.25) is 0 Å². The third-order valence-electron chi connectivity index (χ3n) is 19.4. The maximum Gasteiger partial charge on any atom is 0.147 e. The van der Waals surface area contributed by atoms with E-state index < -0.39 is 68.5 Å². The van der Waals surface area contributed by atoms with Gasteiger partial charge < -0.3 is 19.3 Å². The third kappa shape index (κ3) is 10.8. The highest BCUT2D eigenvalue weighted by Crippen LogP contribution is 2.61. The molecule has 0 aromatic heterocycles. The number of hydrogen-bond acceptors (Lipinski definition) is 4. The van der Waals surface area contributed by atoms with Gasteiger partial charge in [0, 0.05) is 58.1 Å². The van der Waals surface area contributed by atoms with Gasteiger partial charge in [-0.2, -0.15) is 0 Å². The van der Waals surface area contributed by atoms with E-state index in [0.29, 0.717) is 126 Å². The number of para-hydroxylation sites is 2. The zero-order valence-corrected chi connectivity index (χ0v) is 54.2. The molecular formula is C90H56F8N2O2. The van der Waals surface area contributed by atoms with Crippen molar-refractivity contribution in [2.24, 2.45) is 0 Å². The fraction of sp³-hybridized carbons (Fsp3) is 0.0222. The molecule has 2 aliphatic rings. The SMILES string of the molecule is C=Cc1ccc(Oc2ccc(C3(c4c(F)cc(F)cc4F)c4ccccc4-c4ccc(N(c5ccc(-c6ccc(N(c7ccc8c(c7)C(c7ccc(Oc9ccc(C=C)cc9)cc7)(c7c(F)cc(F)cc7F)c7ccccc7-8)c7ccccc7F)cc6)cc5)c5ccccc5F)cc43)cc2)cc1. The smallest absolute Gasteiger partial charge is 0.147 e. The van der Waals surface area contributed by atoms with Crippen molar-refractivity contribution in [3.8, 4) is 56.4 Å². The predicted molar refractivity (Wildman–Crippen MR) is 389 cm³/mol. The van der Waals surface area contributed by atoms with Crippen molar-refractivity contribution in [2.45, 2.75) is 10.8 Å².